The topological polar surface area (TPSA) is 59.6 Å². The van der Waals surface area contributed by atoms with E-state index in [9.17, 15) is 4.79 Å². The van der Waals surface area contributed by atoms with E-state index in [2.05, 4.69) is 10.6 Å². The van der Waals surface area contributed by atoms with Gasteiger partial charge in [0.25, 0.3) is 0 Å². The van der Waals surface area contributed by atoms with E-state index in [1.165, 1.54) is 0 Å². The zero-order valence-corrected chi connectivity index (χ0v) is 14.0. The Kier molecular flexibility index (Phi) is 5.71. The molecule has 0 aliphatic rings. The fraction of sp³-hybridized carbons (Fsp3) is 0.235. The van der Waals surface area contributed by atoms with E-state index in [1.807, 2.05) is 19.1 Å². The molecule has 0 aliphatic carbocycles. The summed E-state index contributed by atoms with van der Waals surface area (Å²) in [5, 5.41) is 6.46. The summed E-state index contributed by atoms with van der Waals surface area (Å²) in [6.07, 6.45) is 0. The minimum Gasteiger partial charge on any atom is -0.493 e. The van der Waals surface area contributed by atoms with Crippen LogP contribution in [0.4, 0.5) is 11.4 Å². The highest BCUT2D eigenvalue weighted by atomic mass is 35.5. The van der Waals surface area contributed by atoms with Gasteiger partial charge in [0.15, 0.2) is 11.5 Å². The van der Waals surface area contributed by atoms with E-state index in [1.54, 1.807) is 38.5 Å². The molecule has 0 spiro atoms. The molecule has 0 aromatic heterocycles. The van der Waals surface area contributed by atoms with Crippen molar-refractivity contribution >= 4 is 28.9 Å². The predicted octanol–water partition coefficient (Wildman–Crippen LogP) is 3.72. The van der Waals surface area contributed by atoms with Crippen LogP contribution in [0, 0.1) is 6.92 Å². The smallest absolute Gasteiger partial charge is 0.243 e. The number of halogens is 1. The van der Waals surface area contributed by atoms with Crippen LogP contribution in [-0.2, 0) is 4.79 Å². The van der Waals surface area contributed by atoms with Crippen LogP contribution >= 0.6 is 11.6 Å². The van der Waals surface area contributed by atoms with Crippen molar-refractivity contribution in [1.82, 2.24) is 0 Å². The molecule has 2 N–H and O–H groups in total. The van der Waals surface area contributed by atoms with Crippen LogP contribution in [0.25, 0.3) is 0 Å². The first-order chi connectivity index (χ1) is 11.0. The Morgan fingerprint density at radius 2 is 1.83 bits per heavy atom. The number of ether oxygens (including phenoxy) is 2. The lowest BCUT2D eigenvalue weighted by Gasteiger charge is -2.12. The number of amides is 1. The molecular weight excluding hydrogens is 316 g/mol. The van der Waals surface area contributed by atoms with Gasteiger partial charge in [-0.05, 0) is 36.8 Å². The van der Waals surface area contributed by atoms with Gasteiger partial charge in [0.1, 0.15) is 0 Å². The van der Waals surface area contributed by atoms with E-state index in [-0.39, 0.29) is 12.5 Å². The molecule has 0 bridgehead atoms. The van der Waals surface area contributed by atoms with Crippen molar-refractivity contribution < 1.29 is 14.3 Å². The Morgan fingerprint density at radius 3 is 2.52 bits per heavy atom. The molecular formula is C17H19ClN2O3. The van der Waals surface area contributed by atoms with E-state index in [4.69, 9.17) is 21.1 Å². The molecule has 6 heteroatoms. The molecule has 0 fully saturated rings. The first-order valence-electron chi connectivity index (χ1n) is 7.05. The minimum absolute atomic E-state index is 0.126. The zero-order chi connectivity index (χ0) is 16.8. The molecule has 2 rings (SSSR count). The van der Waals surface area contributed by atoms with Crippen molar-refractivity contribution in [2.24, 2.45) is 0 Å². The molecule has 23 heavy (non-hydrogen) atoms. The lowest BCUT2D eigenvalue weighted by atomic mass is 10.2. The largest absolute Gasteiger partial charge is 0.493 e. The van der Waals surface area contributed by atoms with Crippen molar-refractivity contribution in [2.75, 3.05) is 31.4 Å². The van der Waals surface area contributed by atoms with Gasteiger partial charge >= 0.3 is 0 Å². The van der Waals surface area contributed by atoms with Crippen LogP contribution in [0.1, 0.15) is 5.56 Å². The maximum atomic E-state index is 12.1. The third kappa shape index (κ3) is 4.53. The summed E-state index contributed by atoms with van der Waals surface area (Å²) in [6, 6.07) is 10.7. The summed E-state index contributed by atoms with van der Waals surface area (Å²) in [5.74, 6) is 1.07. The highest BCUT2D eigenvalue weighted by Gasteiger charge is 2.08. The number of methoxy groups -OCH3 is 2. The SMILES string of the molecule is COc1ccc(NCC(=O)Nc2cc(Cl)ccc2C)cc1OC. The fourth-order valence-electron chi connectivity index (χ4n) is 2.05. The van der Waals surface area contributed by atoms with Gasteiger partial charge in [-0.1, -0.05) is 17.7 Å². The average Bonchev–Trinajstić information content (AvgIpc) is 2.56. The molecule has 0 heterocycles. The van der Waals surface area contributed by atoms with Crippen LogP contribution in [0.3, 0.4) is 0 Å². The monoisotopic (exact) mass is 334 g/mol. The van der Waals surface area contributed by atoms with Crippen LogP contribution in [0.5, 0.6) is 11.5 Å². The maximum Gasteiger partial charge on any atom is 0.243 e. The van der Waals surface area contributed by atoms with Gasteiger partial charge in [-0.2, -0.15) is 0 Å². The van der Waals surface area contributed by atoms with E-state index in [0.717, 1.165) is 11.3 Å². The molecule has 2 aromatic rings. The number of aryl methyl sites for hydroxylation is 1. The second kappa shape index (κ2) is 7.74. The number of hydrogen-bond donors (Lipinski definition) is 2. The quantitative estimate of drug-likeness (QED) is 0.845. The summed E-state index contributed by atoms with van der Waals surface area (Å²) >= 11 is 5.94. The number of benzene rings is 2. The normalized spacial score (nSPS) is 10.1. The number of nitrogens with one attached hydrogen (secondary N) is 2. The first-order valence-corrected chi connectivity index (χ1v) is 7.43. The van der Waals surface area contributed by atoms with Gasteiger partial charge in [0, 0.05) is 22.5 Å². The van der Waals surface area contributed by atoms with Crippen molar-refractivity contribution in [1.29, 1.82) is 0 Å². The molecule has 2 aromatic carbocycles. The number of anilines is 2. The molecule has 0 unspecified atom stereocenters. The third-order valence-corrected chi connectivity index (χ3v) is 3.55. The van der Waals surface area contributed by atoms with Gasteiger partial charge in [-0.15, -0.1) is 0 Å². The van der Waals surface area contributed by atoms with E-state index >= 15 is 0 Å². The van der Waals surface area contributed by atoms with Crippen LogP contribution in [0.15, 0.2) is 36.4 Å². The van der Waals surface area contributed by atoms with Gasteiger partial charge in [-0.25, -0.2) is 0 Å². The van der Waals surface area contributed by atoms with E-state index < -0.39 is 0 Å². The second-order valence-electron chi connectivity index (χ2n) is 4.93. The van der Waals surface area contributed by atoms with Gasteiger partial charge in [0.05, 0.1) is 20.8 Å². The second-order valence-corrected chi connectivity index (χ2v) is 5.37. The molecule has 0 saturated carbocycles. The van der Waals surface area contributed by atoms with Crippen molar-refractivity contribution in [3.63, 3.8) is 0 Å². The summed E-state index contributed by atoms with van der Waals surface area (Å²) < 4.78 is 10.4. The predicted molar refractivity (Wildman–Crippen MR) is 92.9 cm³/mol. The van der Waals surface area contributed by atoms with Crippen molar-refractivity contribution in [3.8, 4) is 11.5 Å². The molecule has 0 saturated heterocycles. The Bertz CT molecular complexity index is 704. The Balaban J connectivity index is 1.98. The third-order valence-electron chi connectivity index (χ3n) is 3.31. The Hall–Kier alpha value is -2.40. The van der Waals surface area contributed by atoms with E-state index in [0.29, 0.717) is 22.2 Å². The standard InChI is InChI=1S/C17H19ClN2O3/c1-11-4-5-12(18)8-14(11)20-17(21)10-19-13-6-7-15(22-2)16(9-13)23-3/h4-9,19H,10H2,1-3H3,(H,20,21). The maximum absolute atomic E-state index is 12.1. The summed E-state index contributed by atoms with van der Waals surface area (Å²) in [4.78, 5) is 12.1. The van der Waals surface area contributed by atoms with Crippen molar-refractivity contribution in [3.05, 3.63) is 47.0 Å². The van der Waals surface area contributed by atoms with Gasteiger partial charge in [-0.3, -0.25) is 4.79 Å². The lowest BCUT2D eigenvalue weighted by molar-refractivity contribution is -0.114. The van der Waals surface area contributed by atoms with Crippen molar-refractivity contribution in [2.45, 2.75) is 6.92 Å². The number of carbonyl (C=O) groups excluding carboxylic acids is 1. The molecule has 122 valence electrons. The molecule has 5 nitrogen and oxygen atoms in total. The van der Waals surface area contributed by atoms with Gasteiger partial charge in [0.2, 0.25) is 5.91 Å². The summed E-state index contributed by atoms with van der Waals surface area (Å²) in [6.45, 7) is 2.04. The summed E-state index contributed by atoms with van der Waals surface area (Å²) in [5.41, 5.74) is 2.42. The minimum atomic E-state index is -0.162. The van der Waals surface area contributed by atoms with Crippen LogP contribution in [0.2, 0.25) is 5.02 Å². The molecule has 1 amide bonds. The van der Waals surface area contributed by atoms with Crippen LogP contribution < -0.4 is 20.1 Å². The average molecular weight is 335 g/mol. The molecule has 0 atom stereocenters. The number of rotatable bonds is 6. The Labute approximate surface area is 140 Å². The summed E-state index contributed by atoms with van der Waals surface area (Å²) in [7, 11) is 3.14. The number of hydrogen-bond acceptors (Lipinski definition) is 4. The highest BCUT2D eigenvalue weighted by molar-refractivity contribution is 6.31. The number of carbonyl (C=O) groups is 1. The van der Waals surface area contributed by atoms with Gasteiger partial charge < -0.3 is 20.1 Å². The highest BCUT2D eigenvalue weighted by Crippen LogP contribution is 2.29. The van der Waals surface area contributed by atoms with Crippen LogP contribution in [-0.4, -0.2) is 26.7 Å². The molecule has 0 radical (unpaired) electrons. The zero-order valence-electron chi connectivity index (χ0n) is 13.3. The fourth-order valence-corrected chi connectivity index (χ4v) is 2.22. The molecule has 0 aliphatic heterocycles. The Morgan fingerprint density at radius 1 is 1.09 bits per heavy atom. The first kappa shape index (κ1) is 17.0. The lowest BCUT2D eigenvalue weighted by Crippen LogP contribution is -2.22.